The summed E-state index contributed by atoms with van der Waals surface area (Å²) in [6, 6.07) is 0. The molecule has 0 aromatic carbocycles. The van der Waals surface area contributed by atoms with Crippen LogP contribution in [0.2, 0.25) is 0 Å². The van der Waals surface area contributed by atoms with E-state index in [1.54, 1.807) is 4.90 Å². The smallest absolute Gasteiger partial charge is 0.410 e. The minimum atomic E-state index is -0.555. The molecule has 116 valence electrons. The predicted octanol–water partition coefficient (Wildman–Crippen LogP) is 1.52. The van der Waals surface area contributed by atoms with Crippen LogP contribution in [0.5, 0.6) is 0 Å². The molecule has 20 heavy (non-hydrogen) atoms. The van der Waals surface area contributed by atoms with Gasteiger partial charge in [-0.05, 0) is 46.5 Å². The van der Waals surface area contributed by atoms with Crippen LogP contribution >= 0.6 is 0 Å². The maximum Gasteiger partial charge on any atom is 0.410 e. The van der Waals surface area contributed by atoms with Gasteiger partial charge in [0.15, 0.2) is 0 Å². The molecule has 1 atom stereocenters. The number of likely N-dealkylation sites (tertiary alicyclic amines) is 1. The van der Waals surface area contributed by atoms with Crippen molar-refractivity contribution < 1.29 is 19.1 Å². The van der Waals surface area contributed by atoms with Crippen LogP contribution in [0.4, 0.5) is 4.79 Å². The fourth-order valence-electron chi connectivity index (χ4n) is 2.34. The highest BCUT2D eigenvalue weighted by molar-refractivity contribution is 5.79. The Balaban J connectivity index is 2.50. The van der Waals surface area contributed by atoms with Gasteiger partial charge in [0.1, 0.15) is 11.7 Å². The van der Waals surface area contributed by atoms with E-state index in [-0.39, 0.29) is 12.0 Å². The Labute approximate surface area is 120 Å². The topological polar surface area (TPSA) is 81.9 Å². The second-order valence-corrected chi connectivity index (χ2v) is 6.08. The Bertz CT molecular complexity index is 344. The van der Waals surface area contributed by atoms with Crippen LogP contribution in [0.3, 0.4) is 0 Å². The molecule has 0 aromatic heterocycles. The summed E-state index contributed by atoms with van der Waals surface area (Å²) >= 11 is 0. The average Bonchev–Trinajstić information content (AvgIpc) is 2.33. The van der Waals surface area contributed by atoms with E-state index in [0.29, 0.717) is 32.5 Å². The number of carbonyl (C=O) groups excluding carboxylic acids is 2. The summed E-state index contributed by atoms with van der Waals surface area (Å²) in [5.74, 6) is -0.353. The molecule has 0 aliphatic carbocycles. The molecule has 6 heteroatoms. The number of carbonyl (C=O) groups is 2. The number of rotatable bonds is 4. The Hall–Kier alpha value is -1.30. The zero-order chi connectivity index (χ0) is 15.3. The van der Waals surface area contributed by atoms with Gasteiger partial charge in [0, 0.05) is 19.7 Å². The molecule has 0 saturated carbocycles. The van der Waals surface area contributed by atoms with E-state index < -0.39 is 17.6 Å². The lowest BCUT2D eigenvalue weighted by molar-refractivity contribution is -0.134. The van der Waals surface area contributed by atoms with Crippen molar-refractivity contribution in [3.05, 3.63) is 0 Å². The highest BCUT2D eigenvalue weighted by Crippen LogP contribution is 2.24. The van der Waals surface area contributed by atoms with Crippen LogP contribution in [-0.4, -0.2) is 48.3 Å². The maximum absolute atomic E-state index is 11.9. The Morgan fingerprint density at radius 2 is 1.85 bits per heavy atom. The first-order valence-electron chi connectivity index (χ1n) is 7.13. The number of nitrogens with zero attached hydrogens (tertiary/aromatic N) is 1. The second-order valence-electron chi connectivity index (χ2n) is 6.08. The lowest BCUT2D eigenvalue weighted by atomic mass is 9.91. The number of hydrogen-bond acceptors (Lipinski definition) is 4. The standard InChI is InChI=1S/C14H26N2O4/c1-5-19-11(12(15)17)10-6-8-16(9-7-10)13(18)20-14(2,3)4/h10-11H,5-9H2,1-4H3,(H2,15,17). The number of piperidine rings is 1. The third kappa shape index (κ3) is 5.00. The first-order valence-corrected chi connectivity index (χ1v) is 7.13. The van der Waals surface area contributed by atoms with Gasteiger partial charge in [-0.2, -0.15) is 0 Å². The van der Waals surface area contributed by atoms with Crippen molar-refractivity contribution >= 4 is 12.0 Å². The van der Waals surface area contributed by atoms with Crippen molar-refractivity contribution in [1.29, 1.82) is 0 Å². The highest BCUT2D eigenvalue weighted by Gasteiger charge is 2.33. The minimum Gasteiger partial charge on any atom is -0.444 e. The molecule has 1 unspecified atom stereocenters. The van der Waals surface area contributed by atoms with Crippen molar-refractivity contribution in [1.82, 2.24) is 4.90 Å². The molecule has 0 spiro atoms. The molecule has 1 fully saturated rings. The highest BCUT2D eigenvalue weighted by atomic mass is 16.6. The minimum absolute atomic E-state index is 0.0751. The summed E-state index contributed by atoms with van der Waals surface area (Å²) in [5, 5.41) is 0. The summed E-state index contributed by atoms with van der Waals surface area (Å²) in [5.41, 5.74) is 4.87. The number of nitrogens with two attached hydrogens (primary N) is 1. The molecule has 0 aromatic rings. The summed E-state index contributed by atoms with van der Waals surface area (Å²) in [4.78, 5) is 25.0. The van der Waals surface area contributed by atoms with E-state index in [0.717, 1.165) is 0 Å². The van der Waals surface area contributed by atoms with E-state index in [1.807, 2.05) is 27.7 Å². The van der Waals surface area contributed by atoms with Crippen molar-refractivity contribution in [2.75, 3.05) is 19.7 Å². The fraction of sp³-hybridized carbons (Fsp3) is 0.857. The largest absolute Gasteiger partial charge is 0.444 e. The summed E-state index contributed by atoms with van der Waals surface area (Å²) in [7, 11) is 0. The summed E-state index contributed by atoms with van der Waals surface area (Å²) < 4.78 is 10.7. The lowest BCUT2D eigenvalue weighted by Gasteiger charge is -2.35. The Kier molecular flexibility index (Phi) is 5.80. The van der Waals surface area contributed by atoms with Gasteiger partial charge in [0.2, 0.25) is 5.91 Å². The Morgan fingerprint density at radius 3 is 2.25 bits per heavy atom. The molecule has 0 radical (unpaired) electrons. The molecule has 1 aliphatic heterocycles. The molecule has 1 rings (SSSR count). The molecule has 1 heterocycles. The first kappa shape index (κ1) is 16.8. The van der Waals surface area contributed by atoms with Gasteiger partial charge in [-0.3, -0.25) is 4.79 Å². The van der Waals surface area contributed by atoms with Gasteiger partial charge in [0.05, 0.1) is 0 Å². The fourth-order valence-corrected chi connectivity index (χ4v) is 2.34. The average molecular weight is 286 g/mol. The zero-order valence-corrected chi connectivity index (χ0v) is 12.8. The van der Waals surface area contributed by atoms with E-state index in [9.17, 15) is 9.59 Å². The molecular formula is C14H26N2O4. The predicted molar refractivity (Wildman–Crippen MR) is 75.1 cm³/mol. The molecule has 2 amide bonds. The van der Waals surface area contributed by atoms with Crippen LogP contribution in [0.25, 0.3) is 0 Å². The van der Waals surface area contributed by atoms with E-state index in [1.165, 1.54) is 0 Å². The van der Waals surface area contributed by atoms with E-state index in [2.05, 4.69) is 0 Å². The summed E-state index contributed by atoms with van der Waals surface area (Å²) in [6.45, 7) is 8.96. The van der Waals surface area contributed by atoms with Crippen LogP contribution in [0, 0.1) is 5.92 Å². The SMILES string of the molecule is CCOC(C(N)=O)C1CCN(C(=O)OC(C)(C)C)CC1. The normalized spacial score (nSPS) is 18.7. The number of hydrogen-bond donors (Lipinski definition) is 1. The summed E-state index contributed by atoms with van der Waals surface area (Å²) in [6.07, 6.45) is 0.545. The Morgan fingerprint density at radius 1 is 1.30 bits per heavy atom. The van der Waals surface area contributed by atoms with Gasteiger partial charge in [-0.15, -0.1) is 0 Å². The zero-order valence-electron chi connectivity index (χ0n) is 12.8. The van der Waals surface area contributed by atoms with Crippen LogP contribution in [0.15, 0.2) is 0 Å². The quantitative estimate of drug-likeness (QED) is 0.849. The lowest BCUT2D eigenvalue weighted by Crippen LogP contribution is -2.46. The second kappa shape index (κ2) is 6.92. The van der Waals surface area contributed by atoms with Gasteiger partial charge in [-0.1, -0.05) is 0 Å². The van der Waals surface area contributed by atoms with Gasteiger partial charge in [-0.25, -0.2) is 4.79 Å². The van der Waals surface area contributed by atoms with Crippen molar-refractivity contribution in [3.8, 4) is 0 Å². The van der Waals surface area contributed by atoms with Crippen LogP contribution in [-0.2, 0) is 14.3 Å². The molecule has 0 bridgehead atoms. The van der Waals surface area contributed by atoms with Crippen molar-refractivity contribution in [2.45, 2.75) is 52.2 Å². The molecule has 2 N–H and O–H groups in total. The first-order chi connectivity index (χ1) is 9.24. The van der Waals surface area contributed by atoms with Crippen molar-refractivity contribution in [3.63, 3.8) is 0 Å². The van der Waals surface area contributed by atoms with E-state index >= 15 is 0 Å². The number of ether oxygens (including phenoxy) is 2. The molecular weight excluding hydrogens is 260 g/mol. The van der Waals surface area contributed by atoms with Crippen molar-refractivity contribution in [2.24, 2.45) is 11.7 Å². The van der Waals surface area contributed by atoms with Crippen LogP contribution < -0.4 is 5.73 Å². The number of amides is 2. The third-order valence-corrected chi connectivity index (χ3v) is 3.25. The number of primary amides is 1. The molecule has 1 saturated heterocycles. The maximum atomic E-state index is 11.9. The van der Waals surface area contributed by atoms with Crippen LogP contribution in [0.1, 0.15) is 40.5 Å². The van der Waals surface area contributed by atoms with Gasteiger partial charge in [0.25, 0.3) is 0 Å². The molecule has 1 aliphatic rings. The third-order valence-electron chi connectivity index (χ3n) is 3.25. The van der Waals surface area contributed by atoms with Gasteiger partial charge >= 0.3 is 6.09 Å². The van der Waals surface area contributed by atoms with Gasteiger partial charge < -0.3 is 20.1 Å². The van der Waals surface area contributed by atoms with E-state index in [4.69, 9.17) is 15.2 Å². The monoisotopic (exact) mass is 286 g/mol. The molecule has 6 nitrogen and oxygen atoms in total.